The number of rotatable bonds is 5. The Morgan fingerprint density at radius 2 is 2.25 bits per heavy atom. The van der Waals surface area contributed by atoms with Gasteiger partial charge in [0.1, 0.15) is 0 Å². The molecule has 0 aromatic heterocycles. The summed E-state index contributed by atoms with van der Waals surface area (Å²) < 4.78 is 5.02. The molecule has 0 aromatic carbocycles. The lowest BCUT2D eigenvalue weighted by atomic mass is 10.7. The van der Waals surface area contributed by atoms with Crippen molar-refractivity contribution < 1.29 is 4.74 Å². The molecule has 0 radical (unpaired) electrons. The topological polar surface area (TPSA) is 47.3 Å². The van der Waals surface area contributed by atoms with Crippen LogP contribution in [0.4, 0.5) is 0 Å². The fourth-order valence-corrected chi connectivity index (χ4v) is 0.434. The predicted molar refractivity (Wildman–Crippen MR) is 37.6 cm³/mol. The summed E-state index contributed by atoms with van der Waals surface area (Å²) in [7, 11) is 2.40. The molecule has 1 unspecified atom stereocenters. The molecule has 1 atom stereocenters. The van der Waals surface area contributed by atoms with Crippen molar-refractivity contribution in [2.45, 2.75) is 0 Å². The zero-order chi connectivity index (χ0) is 6.24. The molecule has 0 aliphatic rings. The van der Waals surface area contributed by atoms with E-state index in [1.54, 1.807) is 0 Å². The van der Waals surface area contributed by atoms with E-state index < -0.39 is 0 Å². The van der Waals surface area contributed by atoms with Crippen LogP contribution < -0.4 is 10.8 Å². The second kappa shape index (κ2) is 7.31. The Labute approximate surface area is 52.2 Å². The van der Waals surface area contributed by atoms with Gasteiger partial charge in [0.2, 0.25) is 0 Å². The summed E-state index contributed by atoms with van der Waals surface area (Å²) in [5.41, 5.74) is 5.16. The fourth-order valence-electron chi connectivity index (χ4n) is 0.316. The Balaban J connectivity index is 2.53. The average Bonchev–Trinajstić information content (AvgIpc) is 1.81. The van der Waals surface area contributed by atoms with Crippen molar-refractivity contribution in [3.05, 3.63) is 0 Å². The molecule has 0 amide bonds. The number of hydrogen-bond donors (Lipinski definition) is 2. The van der Waals surface area contributed by atoms with Gasteiger partial charge < -0.3 is 10.5 Å². The lowest BCUT2D eigenvalue weighted by Crippen LogP contribution is -2.14. The maximum atomic E-state index is 5.16. The highest BCUT2D eigenvalue weighted by Gasteiger charge is 1.80. The van der Waals surface area contributed by atoms with Crippen LogP contribution in [0.2, 0.25) is 0 Å². The molecule has 0 aliphatic carbocycles. The first-order valence-corrected chi connectivity index (χ1v) is 3.21. The maximum Gasteiger partial charge on any atom is 0.0594 e. The van der Waals surface area contributed by atoms with Crippen molar-refractivity contribution in [3.63, 3.8) is 0 Å². The Morgan fingerprint density at radius 1 is 1.50 bits per heavy atom. The molecule has 0 saturated carbocycles. The van der Waals surface area contributed by atoms with Crippen LogP contribution in [0.5, 0.6) is 0 Å². The van der Waals surface area contributed by atoms with Gasteiger partial charge in [-0.05, 0) is 0 Å². The molecule has 0 rings (SSSR count). The molecular weight excluding hydrogens is 123 g/mol. The van der Waals surface area contributed by atoms with E-state index in [0.717, 1.165) is 13.2 Å². The quantitative estimate of drug-likeness (QED) is 0.389. The molecule has 3 nitrogen and oxygen atoms in total. The van der Waals surface area contributed by atoms with Crippen LogP contribution in [0.1, 0.15) is 0 Å². The molecule has 0 spiro atoms. The molecule has 0 saturated heterocycles. The molecule has 0 fully saturated rings. The summed E-state index contributed by atoms with van der Waals surface area (Å²) in [5, 5.41) is 2.88. The van der Waals surface area contributed by atoms with Gasteiger partial charge in [0.25, 0.3) is 0 Å². The molecule has 8 heavy (non-hydrogen) atoms. The van der Waals surface area contributed by atoms with Crippen LogP contribution in [-0.2, 0) is 4.74 Å². The highest BCUT2D eigenvalue weighted by Crippen LogP contribution is 1.71. The maximum absolute atomic E-state index is 5.16. The van der Waals surface area contributed by atoms with Gasteiger partial charge in [-0.25, -0.2) is 0 Å². The Morgan fingerprint density at radius 3 is 2.75 bits per heavy atom. The molecule has 0 heterocycles. The number of hydrogen-bond acceptors (Lipinski definition) is 3. The highest BCUT2D eigenvalue weighted by molar-refractivity contribution is 7.13. The lowest BCUT2D eigenvalue weighted by molar-refractivity contribution is 0.147. The summed E-state index contributed by atoms with van der Waals surface area (Å²) in [6.07, 6.45) is 0. The van der Waals surface area contributed by atoms with E-state index in [1.165, 1.54) is 0 Å². The van der Waals surface area contributed by atoms with Crippen molar-refractivity contribution in [1.29, 1.82) is 0 Å². The second-order valence-corrected chi connectivity index (χ2v) is 1.76. The minimum absolute atomic E-state index is 0.608. The van der Waals surface area contributed by atoms with Crippen LogP contribution in [0.15, 0.2) is 0 Å². The Kier molecular flexibility index (Phi) is 7.59. The van der Waals surface area contributed by atoms with Gasteiger partial charge in [0.15, 0.2) is 0 Å². The molecule has 3 N–H and O–H groups in total. The van der Waals surface area contributed by atoms with Gasteiger partial charge in [0, 0.05) is 13.1 Å². The molecule has 50 valence electrons. The SMILES string of the molecule is NCCOCCNP. The van der Waals surface area contributed by atoms with E-state index in [9.17, 15) is 0 Å². The van der Waals surface area contributed by atoms with Gasteiger partial charge >= 0.3 is 0 Å². The summed E-state index contributed by atoms with van der Waals surface area (Å²) in [4.78, 5) is 0. The van der Waals surface area contributed by atoms with Crippen molar-refractivity contribution >= 4 is 9.39 Å². The predicted octanol–water partition coefficient (Wildman–Crippen LogP) is -0.659. The van der Waals surface area contributed by atoms with E-state index in [-0.39, 0.29) is 0 Å². The normalized spacial score (nSPS) is 9.75. The minimum Gasteiger partial charge on any atom is -0.379 e. The molecular formula is C4H13N2OP. The van der Waals surface area contributed by atoms with Gasteiger partial charge in [-0.3, -0.25) is 5.09 Å². The van der Waals surface area contributed by atoms with Gasteiger partial charge in [-0.1, -0.05) is 9.39 Å². The third kappa shape index (κ3) is 6.31. The van der Waals surface area contributed by atoms with Crippen LogP contribution in [-0.4, -0.2) is 26.3 Å². The first-order chi connectivity index (χ1) is 3.91. The fraction of sp³-hybridized carbons (Fsp3) is 1.00. The molecule has 0 bridgehead atoms. The first-order valence-electron chi connectivity index (χ1n) is 2.63. The van der Waals surface area contributed by atoms with E-state index >= 15 is 0 Å². The summed E-state index contributed by atoms with van der Waals surface area (Å²) in [6, 6.07) is 0. The van der Waals surface area contributed by atoms with Gasteiger partial charge in [-0.2, -0.15) is 0 Å². The van der Waals surface area contributed by atoms with Crippen molar-refractivity contribution in [1.82, 2.24) is 5.09 Å². The molecule has 0 aromatic rings. The van der Waals surface area contributed by atoms with E-state index in [0.29, 0.717) is 13.2 Å². The molecule has 4 heteroatoms. The summed E-state index contributed by atoms with van der Waals surface area (Å²) >= 11 is 0. The smallest absolute Gasteiger partial charge is 0.0594 e. The van der Waals surface area contributed by atoms with Gasteiger partial charge in [-0.15, -0.1) is 0 Å². The van der Waals surface area contributed by atoms with Crippen molar-refractivity contribution in [2.75, 3.05) is 26.3 Å². The minimum atomic E-state index is 0.608. The second-order valence-electron chi connectivity index (χ2n) is 1.36. The Bertz CT molecular complexity index is 39.0. The van der Waals surface area contributed by atoms with Crippen LogP contribution in [0.3, 0.4) is 0 Å². The Hall–Kier alpha value is 0.310. The zero-order valence-electron chi connectivity index (χ0n) is 4.89. The number of nitrogens with one attached hydrogen (secondary N) is 1. The van der Waals surface area contributed by atoms with Crippen LogP contribution in [0, 0.1) is 0 Å². The first kappa shape index (κ1) is 8.31. The monoisotopic (exact) mass is 136 g/mol. The number of ether oxygens (including phenoxy) is 1. The number of nitrogens with two attached hydrogens (primary N) is 1. The largest absolute Gasteiger partial charge is 0.379 e. The third-order valence-electron chi connectivity index (χ3n) is 0.653. The van der Waals surface area contributed by atoms with E-state index in [4.69, 9.17) is 10.5 Å². The van der Waals surface area contributed by atoms with Crippen molar-refractivity contribution in [3.8, 4) is 0 Å². The molecule has 0 aliphatic heterocycles. The zero-order valence-corrected chi connectivity index (χ0v) is 6.05. The average molecular weight is 136 g/mol. The summed E-state index contributed by atoms with van der Waals surface area (Å²) in [6.45, 7) is 2.87. The highest BCUT2D eigenvalue weighted by atomic mass is 31.0. The standard InChI is InChI=1S/C4H13N2OP/c5-1-3-7-4-2-6-8/h6H,1-5,8H2. The van der Waals surface area contributed by atoms with E-state index in [1.807, 2.05) is 0 Å². The lowest BCUT2D eigenvalue weighted by Gasteiger charge is -1.98. The van der Waals surface area contributed by atoms with Crippen LogP contribution in [0.25, 0.3) is 0 Å². The van der Waals surface area contributed by atoms with Crippen LogP contribution >= 0.6 is 9.39 Å². The van der Waals surface area contributed by atoms with Crippen molar-refractivity contribution in [2.24, 2.45) is 5.73 Å². The van der Waals surface area contributed by atoms with E-state index in [2.05, 4.69) is 14.5 Å². The van der Waals surface area contributed by atoms with Gasteiger partial charge in [0.05, 0.1) is 13.2 Å². The summed E-state index contributed by atoms with van der Waals surface area (Å²) in [5.74, 6) is 0. The third-order valence-corrected chi connectivity index (χ3v) is 0.942.